The molecule has 36 atom stereocenters. The maximum Gasteiger partial charge on any atom is 0.338 e. The molecule has 0 amide bonds. The Morgan fingerprint density at radius 1 is 0.267 bits per heavy atom. The second-order valence-corrected chi connectivity index (χ2v) is 47.1. The van der Waals surface area contributed by atoms with Crippen molar-refractivity contribution < 1.29 is 106 Å². The van der Waals surface area contributed by atoms with E-state index in [0.717, 1.165) is 121 Å². The van der Waals surface area contributed by atoms with Gasteiger partial charge >= 0.3 is 47.8 Å². The molecular formula is C128H168O22. The largest absolute Gasteiger partial charge is 0.465 e. The quantitative estimate of drug-likeness (QED) is 0.0106. The first-order chi connectivity index (χ1) is 73.2. The number of fused-ring (bicyclic) bond motifs is 10. The summed E-state index contributed by atoms with van der Waals surface area (Å²) in [5.41, 5.74) is 2.26. The molecule has 17 aliphatic carbocycles. The van der Waals surface area contributed by atoms with Gasteiger partial charge in [0, 0.05) is 74.1 Å². The fraction of sp³-hybridized carbons (Fsp3) is 0.625. The molecule has 17 aliphatic rings. The molecule has 0 aliphatic heterocycles. The van der Waals surface area contributed by atoms with E-state index in [9.17, 15) is 68.4 Å². The topological polar surface area (TPSA) is 325 Å². The van der Waals surface area contributed by atoms with E-state index in [1.54, 1.807) is 48.5 Å². The van der Waals surface area contributed by atoms with Gasteiger partial charge in [0.1, 0.15) is 12.6 Å². The van der Waals surface area contributed by atoms with Gasteiger partial charge in [0.25, 0.3) is 0 Å². The van der Waals surface area contributed by atoms with Crippen molar-refractivity contribution in [2.24, 2.45) is 213 Å². The zero-order valence-electron chi connectivity index (χ0n) is 89.0. The van der Waals surface area contributed by atoms with Crippen molar-refractivity contribution in [2.45, 2.75) is 207 Å². The highest BCUT2D eigenvalue weighted by molar-refractivity contribution is 5.91. The van der Waals surface area contributed by atoms with Crippen molar-refractivity contribution in [1.82, 2.24) is 0 Å². The number of allylic oxidation sites excluding steroid dienone is 12. The highest BCUT2D eigenvalue weighted by Gasteiger charge is 2.60. The van der Waals surface area contributed by atoms with Crippen molar-refractivity contribution in [3.63, 3.8) is 0 Å². The maximum atomic E-state index is 12.9. The standard InChI is InChI=1S/C35H46O8.C35H38O4.C27H38O4.C17H26O4.C7H10O2.C7H10/c36-16-26-14-28(18-38)32(30(26)20-42-34(40)22-7-3-1-4-8-22)24-11-12-25(13-24)33-29(19-39)15-27(17-37)31(33)21-43-35(41)23-9-5-2-6-10-23;36-34(22-7-3-1-4-8-22)38-20-30-24-11-13-26(17-24)32(30)28-15-16-29(19-28)33-27-14-12-25(18-27)31(33)21-39-35(37)23-9-5-2-6-10-23;1-3-11-30-26(28)24-20-9-7-18(14-20)22(24)16-5-6-17(13-16)23-19-8-10-21(15-19)25(23)27(29)31-12-4-2;1-3-11-20-16(18)9-7-14-5-6-15(13-14)8-10-17(19)21-12-4-2;8-4-6-1-2-7(3-6)5-9;1-2-7-4-3-6(1)5-7/h1-10,24-33,36-39H,11-21H2;1-14,24-33H,15-21H2;7-10,16-25H,3-6,11-15H2,1-2H3;7-10,14-15H,3-6,11-13H2,1-2H3;4-7H,1-3H2;1-2,6-7H,3-5H2/b;;;9-7+,10-8+;;/t24?,25?,26-,27+,28+,29-,30+,31-,32+,33-;24-,25+,26+,27-,28?,29?,30-,31+,32+,33-;16?,17?,18-,19+,20+,21-,22+,23-,24+,25?;;;/m..1.../s1. The summed E-state index contributed by atoms with van der Waals surface area (Å²) >= 11 is 0. The molecule has 4 aromatic carbocycles. The minimum absolute atomic E-state index is 0.0149. The van der Waals surface area contributed by atoms with Gasteiger partial charge in [-0.25, -0.2) is 28.8 Å². The molecule has 0 spiro atoms. The van der Waals surface area contributed by atoms with Crippen LogP contribution in [-0.2, 0) is 66.7 Å². The van der Waals surface area contributed by atoms with Crippen LogP contribution in [0.1, 0.15) is 249 Å². The SMILES string of the molecule is C1=CC2CCC1C2.CCCOC(=O)/C=C/C1CCC(/C=C/C(=O)OCCC)C1.CCCOC(=O)C1[C@H](C2CCC([C@@H]3[C@@H](C(=O)OCCC)[C@H]4C=C[C@@H]3C4)C2)[C@H]2C=C[C@@H]1C2.O=C(OC[C@@H]1[C@@H](C2CCC([C@H]3[C@H](COC(=O)c4ccccc4)[C@@H]4C=C[C@H]3C4)C2)[C@@H]2C=C[C@H]1C2)c1ccccc1.O=C(OC[C@@H]1[C@H](CO)C[C@H](CO)[C@H]1C1CCC([C@H]2[C@H](CO)C[C@H](CO)[C@@H]2COC(=O)c2ccccc2)C1)c1ccccc1.O=CC1CCC(C=O)C1. The van der Waals surface area contributed by atoms with Crippen LogP contribution >= 0.6 is 0 Å². The molecule has 22 heteroatoms. The summed E-state index contributed by atoms with van der Waals surface area (Å²) in [4.78, 5) is 120. The van der Waals surface area contributed by atoms with Crippen LogP contribution in [-0.4, -0.2) is 160 Å². The lowest BCUT2D eigenvalue weighted by Crippen LogP contribution is -2.35. The molecule has 150 heavy (non-hydrogen) atoms. The predicted octanol–water partition coefficient (Wildman–Crippen LogP) is 22.2. The van der Waals surface area contributed by atoms with Gasteiger partial charge in [-0.15, -0.1) is 0 Å². The van der Waals surface area contributed by atoms with Crippen molar-refractivity contribution in [2.75, 3.05) is 79.3 Å². The Morgan fingerprint density at radius 3 is 0.847 bits per heavy atom. The van der Waals surface area contributed by atoms with Gasteiger partial charge in [0.05, 0.1) is 86.9 Å². The number of carbonyl (C=O) groups excluding carboxylic acids is 10. The monoisotopic (exact) mass is 2060 g/mol. The van der Waals surface area contributed by atoms with E-state index in [0.29, 0.717) is 193 Å². The van der Waals surface area contributed by atoms with Crippen LogP contribution in [0.4, 0.5) is 0 Å². The number of benzene rings is 4. The van der Waals surface area contributed by atoms with Crippen molar-refractivity contribution >= 4 is 60.3 Å². The molecule has 0 aromatic heterocycles. The third-order valence-electron chi connectivity index (χ3n) is 38.3. The van der Waals surface area contributed by atoms with Crippen LogP contribution < -0.4 is 0 Å². The second kappa shape index (κ2) is 55.7. The molecule has 4 N–H and O–H groups in total. The van der Waals surface area contributed by atoms with E-state index in [1.807, 2.05) is 98.8 Å². The Morgan fingerprint density at radius 2 is 0.547 bits per heavy atom. The molecule has 13 unspecified atom stereocenters. The fourth-order valence-corrected chi connectivity index (χ4v) is 31.5. The smallest absolute Gasteiger partial charge is 0.338 e. The highest BCUT2D eigenvalue weighted by atomic mass is 16.6. The average Bonchev–Trinajstić information content (AvgIpc) is 1.59. The van der Waals surface area contributed by atoms with Crippen LogP contribution in [0.3, 0.4) is 0 Å². The van der Waals surface area contributed by atoms with E-state index >= 15 is 0 Å². The summed E-state index contributed by atoms with van der Waals surface area (Å²) in [6, 6.07) is 36.5. The molecule has 0 radical (unpaired) electrons. The van der Waals surface area contributed by atoms with Crippen molar-refractivity contribution in [1.29, 1.82) is 0 Å². The Kier molecular flexibility index (Phi) is 41.8. The number of aldehydes is 2. The zero-order chi connectivity index (χ0) is 105. The summed E-state index contributed by atoms with van der Waals surface area (Å²) in [5, 5.41) is 41.2. The Labute approximate surface area is 889 Å². The third-order valence-corrected chi connectivity index (χ3v) is 38.3. The number of aliphatic hydroxyl groups is 4. The molecule has 21 rings (SSSR count). The minimum atomic E-state index is -0.382. The first kappa shape index (κ1) is 113. The van der Waals surface area contributed by atoms with E-state index in [4.69, 9.17) is 37.9 Å². The summed E-state index contributed by atoms with van der Waals surface area (Å²) in [6.07, 6.45) is 62.3. The van der Waals surface area contributed by atoms with Crippen LogP contribution in [0.15, 0.2) is 206 Å². The van der Waals surface area contributed by atoms with Gasteiger partial charge in [0.15, 0.2) is 0 Å². The normalized spacial score (nSPS) is 35.9. The Balaban J connectivity index is 0.000000138. The Bertz CT molecular complexity index is 4920. The molecule has 10 bridgehead atoms. The number of aliphatic hydroxyl groups excluding tert-OH is 4. The van der Waals surface area contributed by atoms with Crippen molar-refractivity contribution in [3.8, 4) is 0 Å². The fourth-order valence-electron chi connectivity index (χ4n) is 31.5. The number of esters is 8. The van der Waals surface area contributed by atoms with Crippen LogP contribution in [0.25, 0.3) is 0 Å². The van der Waals surface area contributed by atoms with Gasteiger partial charge in [-0.05, 0) is 394 Å². The molecule has 22 nitrogen and oxygen atoms in total. The van der Waals surface area contributed by atoms with Crippen LogP contribution in [0.2, 0.25) is 0 Å². The summed E-state index contributed by atoms with van der Waals surface area (Å²) in [6.45, 7) is 11.5. The van der Waals surface area contributed by atoms with E-state index in [2.05, 4.69) is 74.6 Å². The van der Waals surface area contributed by atoms with Gasteiger partial charge in [-0.1, -0.05) is 173 Å². The molecule has 812 valence electrons. The van der Waals surface area contributed by atoms with Gasteiger partial charge < -0.3 is 67.9 Å². The minimum Gasteiger partial charge on any atom is -0.465 e. The number of rotatable bonds is 38. The van der Waals surface area contributed by atoms with Crippen LogP contribution in [0.5, 0.6) is 0 Å². The molecule has 4 aromatic rings. The number of hydrogen-bond acceptors (Lipinski definition) is 22. The van der Waals surface area contributed by atoms with Crippen LogP contribution in [0, 0.1) is 213 Å². The molecule has 12 saturated carbocycles. The molecule has 12 fully saturated rings. The second-order valence-electron chi connectivity index (χ2n) is 47.1. The summed E-state index contributed by atoms with van der Waals surface area (Å²) in [5.74, 6) is 11.8. The summed E-state index contributed by atoms with van der Waals surface area (Å²) in [7, 11) is 0. The number of ether oxygens (including phenoxy) is 8. The molecular weight excluding hydrogens is 1890 g/mol. The summed E-state index contributed by atoms with van der Waals surface area (Å²) < 4.78 is 44.6. The van der Waals surface area contributed by atoms with E-state index in [1.165, 1.54) is 82.8 Å². The first-order valence-electron chi connectivity index (χ1n) is 57.9. The molecule has 0 saturated heterocycles. The van der Waals surface area contributed by atoms with Gasteiger partial charge in [-0.2, -0.15) is 0 Å². The number of hydrogen-bond donors (Lipinski definition) is 4. The van der Waals surface area contributed by atoms with Crippen molar-refractivity contribution in [3.05, 3.63) is 229 Å². The van der Waals surface area contributed by atoms with Gasteiger partial charge in [0.2, 0.25) is 0 Å². The zero-order valence-corrected chi connectivity index (χ0v) is 89.0. The van der Waals surface area contributed by atoms with Gasteiger partial charge in [-0.3, -0.25) is 9.59 Å². The highest BCUT2D eigenvalue weighted by Crippen LogP contribution is 2.64. The lowest BCUT2D eigenvalue weighted by atomic mass is 9.71. The predicted molar refractivity (Wildman–Crippen MR) is 573 cm³/mol. The molecule has 0 heterocycles. The number of carbonyl (C=O) groups is 10. The first-order valence-corrected chi connectivity index (χ1v) is 57.9. The van der Waals surface area contributed by atoms with E-state index < -0.39 is 0 Å². The lowest BCUT2D eigenvalue weighted by molar-refractivity contribution is -0.152. The Hall–Kier alpha value is -10.0. The average molecular weight is 2060 g/mol. The lowest BCUT2D eigenvalue weighted by Gasteiger charge is -2.35. The third kappa shape index (κ3) is 28.2. The maximum absolute atomic E-state index is 12.9. The van der Waals surface area contributed by atoms with E-state index in [-0.39, 0.29) is 170 Å².